The molecule has 0 saturated carbocycles. The van der Waals surface area contributed by atoms with E-state index in [1.165, 1.54) is 0 Å². The first-order valence-electron chi connectivity index (χ1n) is 6.43. The molecule has 2 aromatic rings. The van der Waals surface area contributed by atoms with Crippen molar-refractivity contribution in [1.29, 1.82) is 0 Å². The zero-order valence-electron chi connectivity index (χ0n) is 12.4. The lowest BCUT2D eigenvalue weighted by Gasteiger charge is -2.14. The van der Waals surface area contributed by atoms with Crippen LogP contribution in [0.3, 0.4) is 0 Å². The number of hydrogen-bond acceptors (Lipinski definition) is 3. The number of aryl methyl sites for hydroxylation is 2. The van der Waals surface area contributed by atoms with Crippen LogP contribution in [0.15, 0.2) is 22.7 Å². The Bertz CT molecular complexity index is 735. The summed E-state index contributed by atoms with van der Waals surface area (Å²) in [7, 11) is 1.65. The Hall–Kier alpha value is -2.06. The molecule has 0 bridgehead atoms. The van der Waals surface area contributed by atoms with Crippen molar-refractivity contribution >= 4 is 33.3 Å². The smallest absolute Gasteiger partial charge is 0.274 e. The molecule has 21 heavy (non-hydrogen) atoms. The van der Waals surface area contributed by atoms with Gasteiger partial charge in [-0.2, -0.15) is 0 Å². The molecule has 108 valence electrons. The number of halogens is 1. The molecule has 0 fully saturated rings. The number of hydrogen-bond donors (Lipinski definition) is 1. The van der Waals surface area contributed by atoms with Crippen molar-refractivity contribution in [3.63, 3.8) is 0 Å². The van der Waals surface area contributed by atoms with Crippen LogP contribution in [0, 0.1) is 27.3 Å². The van der Waals surface area contributed by atoms with E-state index in [0.717, 1.165) is 32.6 Å². The summed E-state index contributed by atoms with van der Waals surface area (Å²) in [4.78, 5) is 7.82. The van der Waals surface area contributed by atoms with Crippen molar-refractivity contribution in [3.05, 3.63) is 50.8 Å². The van der Waals surface area contributed by atoms with E-state index < -0.39 is 0 Å². The summed E-state index contributed by atoms with van der Waals surface area (Å²) in [5, 5.41) is 3.30. The van der Waals surface area contributed by atoms with Crippen LogP contribution in [0.4, 0.5) is 17.3 Å². The van der Waals surface area contributed by atoms with Crippen LogP contribution in [0.1, 0.15) is 16.7 Å². The van der Waals surface area contributed by atoms with Crippen LogP contribution >= 0.6 is 15.9 Å². The van der Waals surface area contributed by atoms with Crippen molar-refractivity contribution in [2.24, 2.45) is 0 Å². The minimum atomic E-state index is 0.402. The van der Waals surface area contributed by atoms with Crippen molar-refractivity contribution in [1.82, 2.24) is 4.98 Å². The monoisotopic (exact) mass is 345 g/mol. The summed E-state index contributed by atoms with van der Waals surface area (Å²) in [5.41, 5.74) is 3.90. The number of nitrogens with one attached hydrogen (secondary N) is 1. The minimum Gasteiger partial charge on any atom is -0.496 e. The average molecular weight is 346 g/mol. The van der Waals surface area contributed by atoms with E-state index in [9.17, 15) is 0 Å². The second kappa shape index (κ2) is 6.15. The summed E-state index contributed by atoms with van der Waals surface area (Å²) in [6, 6.07) is 5.83. The van der Waals surface area contributed by atoms with Gasteiger partial charge in [0, 0.05) is 5.56 Å². The Kier molecular flexibility index (Phi) is 4.49. The second-order valence-electron chi connectivity index (χ2n) is 4.78. The molecule has 5 heteroatoms. The molecule has 1 aromatic carbocycles. The van der Waals surface area contributed by atoms with Crippen LogP contribution in [0.2, 0.25) is 0 Å². The molecule has 4 nitrogen and oxygen atoms in total. The predicted molar refractivity (Wildman–Crippen MR) is 88.7 cm³/mol. The van der Waals surface area contributed by atoms with E-state index in [4.69, 9.17) is 11.3 Å². The Balaban J connectivity index is 2.51. The van der Waals surface area contributed by atoms with Gasteiger partial charge in [-0.25, -0.2) is 0 Å². The third kappa shape index (κ3) is 3.01. The van der Waals surface area contributed by atoms with E-state index in [2.05, 4.69) is 31.1 Å². The molecular formula is C16H16BrN3O. The first-order chi connectivity index (χ1) is 9.97. The van der Waals surface area contributed by atoms with Crippen LogP contribution in [-0.4, -0.2) is 12.1 Å². The number of pyridine rings is 1. The maximum absolute atomic E-state index is 7.18. The van der Waals surface area contributed by atoms with Gasteiger partial charge in [-0.1, -0.05) is 12.6 Å². The number of benzene rings is 1. The maximum Gasteiger partial charge on any atom is 0.274 e. The van der Waals surface area contributed by atoms with Crippen molar-refractivity contribution in [3.8, 4) is 5.75 Å². The van der Waals surface area contributed by atoms with E-state index in [0.29, 0.717) is 11.6 Å². The molecule has 1 aromatic heterocycles. The van der Waals surface area contributed by atoms with Gasteiger partial charge >= 0.3 is 0 Å². The molecule has 0 aliphatic heterocycles. The highest BCUT2D eigenvalue weighted by Crippen LogP contribution is 2.34. The Morgan fingerprint density at radius 1 is 1.24 bits per heavy atom. The lowest BCUT2D eigenvalue weighted by atomic mass is 10.1. The van der Waals surface area contributed by atoms with Crippen LogP contribution in [0.25, 0.3) is 4.85 Å². The molecule has 0 saturated heterocycles. The van der Waals surface area contributed by atoms with E-state index in [1.54, 1.807) is 7.11 Å². The molecule has 1 heterocycles. The molecular weight excluding hydrogens is 330 g/mol. The summed E-state index contributed by atoms with van der Waals surface area (Å²) in [6.07, 6.45) is 0. The summed E-state index contributed by atoms with van der Waals surface area (Å²) in [5.74, 6) is 1.85. The molecule has 2 rings (SSSR count). The van der Waals surface area contributed by atoms with Gasteiger partial charge in [0.2, 0.25) is 5.82 Å². The van der Waals surface area contributed by atoms with Crippen molar-refractivity contribution in [2.45, 2.75) is 20.8 Å². The highest BCUT2D eigenvalue weighted by atomic mass is 79.9. The molecule has 1 N–H and O–H groups in total. The van der Waals surface area contributed by atoms with E-state index in [1.807, 2.05) is 39.0 Å². The highest BCUT2D eigenvalue weighted by Gasteiger charge is 2.15. The van der Waals surface area contributed by atoms with Crippen LogP contribution < -0.4 is 10.1 Å². The first kappa shape index (κ1) is 15.3. The standard InChI is InChI=1S/C16H16BrN3O/c1-9-6-7-13(21-5)11(3)14(9)19-16-12(17)8-10(2)15(18-4)20-16/h6-8H,1-3,5H3,(H,19,20). The van der Waals surface area contributed by atoms with Gasteiger partial charge < -0.3 is 14.9 Å². The fourth-order valence-electron chi connectivity index (χ4n) is 2.13. The number of nitrogens with zero attached hydrogens (tertiary/aromatic N) is 2. The van der Waals surface area contributed by atoms with Gasteiger partial charge in [0.1, 0.15) is 5.75 Å². The van der Waals surface area contributed by atoms with Crippen LogP contribution in [-0.2, 0) is 0 Å². The number of ether oxygens (including phenoxy) is 1. The second-order valence-corrected chi connectivity index (χ2v) is 5.64. The Labute approximate surface area is 133 Å². The molecule has 0 spiro atoms. The Morgan fingerprint density at radius 2 is 1.95 bits per heavy atom. The molecule has 0 radical (unpaired) electrons. The molecule has 0 aliphatic rings. The van der Waals surface area contributed by atoms with Gasteiger partial charge in [-0.3, -0.25) is 0 Å². The van der Waals surface area contributed by atoms with Gasteiger partial charge in [0.05, 0.1) is 17.3 Å². The maximum atomic E-state index is 7.18. The minimum absolute atomic E-state index is 0.402. The van der Waals surface area contributed by atoms with E-state index in [-0.39, 0.29) is 0 Å². The lowest BCUT2D eigenvalue weighted by Crippen LogP contribution is -2.01. The lowest BCUT2D eigenvalue weighted by molar-refractivity contribution is 0.412. The van der Waals surface area contributed by atoms with Gasteiger partial charge in [0.25, 0.3) is 5.82 Å². The topological polar surface area (TPSA) is 38.5 Å². The fourth-order valence-corrected chi connectivity index (χ4v) is 2.66. The number of rotatable bonds is 3. The van der Waals surface area contributed by atoms with Crippen molar-refractivity contribution in [2.75, 3.05) is 12.4 Å². The number of anilines is 2. The van der Waals surface area contributed by atoms with Gasteiger partial charge in [-0.15, -0.1) is 4.98 Å². The number of aromatic nitrogens is 1. The number of methoxy groups -OCH3 is 1. The zero-order valence-corrected chi connectivity index (χ0v) is 14.0. The van der Waals surface area contributed by atoms with Gasteiger partial charge in [0.15, 0.2) is 0 Å². The molecule has 0 atom stereocenters. The normalized spacial score (nSPS) is 10.1. The summed E-state index contributed by atoms with van der Waals surface area (Å²) >= 11 is 3.49. The fraction of sp³-hybridized carbons (Fsp3) is 0.250. The third-order valence-electron chi connectivity index (χ3n) is 3.33. The largest absolute Gasteiger partial charge is 0.496 e. The van der Waals surface area contributed by atoms with Crippen molar-refractivity contribution < 1.29 is 4.74 Å². The highest BCUT2D eigenvalue weighted by molar-refractivity contribution is 9.10. The summed E-state index contributed by atoms with van der Waals surface area (Å²) in [6.45, 7) is 13.1. The molecule has 0 unspecified atom stereocenters. The quantitative estimate of drug-likeness (QED) is 0.789. The SMILES string of the molecule is [C-]#[N+]c1nc(Nc2c(C)ccc(OC)c2C)c(Br)cc1C. The molecule has 0 amide bonds. The summed E-state index contributed by atoms with van der Waals surface area (Å²) < 4.78 is 6.18. The van der Waals surface area contributed by atoms with Crippen LogP contribution in [0.5, 0.6) is 5.75 Å². The third-order valence-corrected chi connectivity index (χ3v) is 3.94. The van der Waals surface area contributed by atoms with Gasteiger partial charge in [-0.05, 0) is 60.0 Å². The molecule has 0 aliphatic carbocycles. The predicted octanol–water partition coefficient (Wildman–Crippen LogP) is 5.07. The zero-order chi connectivity index (χ0) is 15.6. The average Bonchev–Trinajstić information content (AvgIpc) is 2.45. The van der Waals surface area contributed by atoms with E-state index >= 15 is 0 Å². The Morgan fingerprint density at radius 3 is 2.57 bits per heavy atom. The first-order valence-corrected chi connectivity index (χ1v) is 7.23.